The van der Waals surface area contributed by atoms with Crippen molar-refractivity contribution in [2.75, 3.05) is 25.1 Å². The van der Waals surface area contributed by atoms with Crippen LogP contribution in [0.1, 0.15) is 16.6 Å². The molecule has 14 heteroatoms. The summed E-state index contributed by atoms with van der Waals surface area (Å²) in [5, 5.41) is 18.3. The number of hydrogen-bond acceptors (Lipinski definition) is 10. The number of carbonyl (C=O) groups excluding carboxylic acids is 1. The number of rotatable bonds is 10. The molecule has 0 bridgehead atoms. The fraction of sp³-hybridized carbons (Fsp3) is 0.160. The van der Waals surface area contributed by atoms with Crippen LogP contribution in [0.15, 0.2) is 60.9 Å². The van der Waals surface area contributed by atoms with E-state index in [9.17, 15) is 19.3 Å². The molecule has 0 saturated carbocycles. The van der Waals surface area contributed by atoms with Crippen molar-refractivity contribution >= 4 is 39.1 Å². The molecule has 5 rings (SSSR count). The van der Waals surface area contributed by atoms with E-state index in [4.69, 9.17) is 9.47 Å². The van der Waals surface area contributed by atoms with Gasteiger partial charge in [0.05, 0.1) is 33.7 Å². The fourth-order valence-corrected chi connectivity index (χ4v) is 4.31. The fourth-order valence-electron chi connectivity index (χ4n) is 3.59. The molecular weight excluding hydrogens is 529 g/mol. The van der Waals surface area contributed by atoms with Gasteiger partial charge in [0.25, 0.3) is 5.91 Å². The molecule has 0 aliphatic heterocycles. The first-order valence-corrected chi connectivity index (χ1v) is 12.5. The summed E-state index contributed by atoms with van der Waals surface area (Å²) < 4.78 is 26.2. The first-order chi connectivity index (χ1) is 18.9. The zero-order chi connectivity index (χ0) is 27.4. The van der Waals surface area contributed by atoms with Crippen molar-refractivity contribution in [3.05, 3.63) is 81.7 Å². The van der Waals surface area contributed by atoms with E-state index in [1.807, 2.05) is 6.92 Å². The zero-order valence-corrected chi connectivity index (χ0v) is 21.2. The van der Waals surface area contributed by atoms with E-state index in [0.717, 1.165) is 11.3 Å². The van der Waals surface area contributed by atoms with Crippen LogP contribution in [0.2, 0.25) is 0 Å². The molecule has 4 aromatic heterocycles. The molecule has 0 unspecified atom stereocenters. The number of amides is 1. The number of benzene rings is 1. The molecule has 12 nitrogen and oxygen atoms in total. The Morgan fingerprint density at radius 1 is 1.15 bits per heavy atom. The number of aromatic nitrogens is 5. The molecule has 0 radical (unpaired) electrons. The minimum atomic E-state index is -0.589. The summed E-state index contributed by atoms with van der Waals surface area (Å²) in [4.78, 5) is 37.0. The molecule has 0 saturated heterocycles. The van der Waals surface area contributed by atoms with Crippen molar-refractivity contribution in [3.8, 4) is 23.0 Å². The Hall–Kier alpha value is -4.82. The molecule has 1 N–H and O–H groups in total. The second-order valence-corrected chi connectivity index (χ2v) is 9.01. The molecule has 0 fully saturated rings. The standard InChI is InChI=1S/C25H20FN7O5S/c1-2-37-10-11-38-20-8-6-15(13-27-20)22-29-23(31-25(34)19-7-9-21(39-19)33(35)36)18-14-28-32(24(18)30-22)17-5-3-4-16(26)12-17/h3-9,12-14H,2,10-11H2,1H3,(H,29,30,31,34). The van der Waals surface area contributed by atoms with E-state index in [0.29, 0.717) is 48.0 Å². The third-order valence-corrected chi connectivity index (χ3v) is 6.42. The number of halogens is 1. The number of nitrogens with zero attached hydrogens (tertiary/aromatic N) is 6. The zero-order valence-electron chi connectivity index (χ0n) is 20.4. The smallest absolute Gasteiger partial charge is 0.324 e. The van der Waals surface area contributed by atoms with Crippen LogP contribution in [-0.2, 0) is 4.74 Å². The highest BCUT2D eigenvalue weighted by Gasteiger charge is 2.20. The molecule has 0 atom stereocenters. The van der Waals surface area contributed by atoms with Crippen LogP contribution in [0.25, 0.3) is 28.1 Å². The van der Waals surface area contributed by atoms with Crippen LogP contribution in [0, 0.1) is 15.9 Å². The molecule has 198 valence electrons. The molecule has 0 spiro atoms. The van der Waals surface area contributed by atoms with Crippen molar-refractivity contribution in [1.82, 2.24) is 24.7 Å². The lowest BCUT2D eigenvalue weighted by atomic mass is 10.2. The predicted molar refractivity (Wildman–Crippen MR) is 141 cm³/mol. The number of nitrogens with one attached hydrogen (secondary N) is 1. The van der Waals surface area contributed by atoms with Crippen LogP contribution in [0.3, 0.4) is 0 Å². The third-order valence-electron chi connectivity index (χ3n) is 5.38. The summed E-state index contributed by atoms with van der Waals surface area (Å²) in [7, 11) is 0. The second kappa shape index (κ2) is 11.3. The Bertz CT molecular complexity index is 1650. The van der Waals surface area contributed by atoms with E-state index in [2.05, 4.69) is 25.4 Å². The minimum absolute atomic E-state index is 0.121. The van der Waals surface area contributed by atoms with Gasteiger partial charge >= 0.3 is 5.00 Å². The van der Waals surface area contributed by atoms with Crippen molar-refractivity contribution in [2.24, 2.45) is 0 Å². The quantitative estimate of drug-likeness (QED) is 0.149. The lowest BCUT2D eigenvalue weighted by molar-refractivity contribution is -0.380. The number of ether oxygens (including phenoxy) is 2. The van der Waals surface area contributed by atoms with E-state index in [-0.39, 0.29) is 21.5 Å². The summed E-state index contributed by atoms with van der Waals surface area (Å²) in [6, 6.07) is 11.8. The van der Waals surface area contributed by atoms with E-state index in [1.54, 1.807) is 24.3 Å². The summed E-state index contributed by atoms with van der Waals surface area (Å²) in [5.41, 5.74) is 1.23. The molecular formula is C25H20FN7O5S. The molecule has 1 amide bonds. The van der Waals surface area contributed by atoms with Crippen molar-refractivity contribution < 1.29 is 23.6 Å². The van der Waals surface area contributed by atoms with Crippen molar-refractivity contribution in [3.63, 3.8) is 0 Å². The first-order valence-electron chi connectivity index (χ1n) is 11.7. The van der Waals surface area contributed by atoms with Crippen LogP contribution in [-0.4, -0.2) is 55.4 Å². The number of carbonyl (C=O) groups is 1. The predicted octanol–water partition coefficient (Wildman–Crippen LogP) is 4.65. The lowest BCUT2D eigenvalue weighted by Gasteiger charge is -2.10. The van der Waals surface area contributed by atoms with E-state index < -0.39 is 16.6 Å². The maximum absolute atomic E-state index is 14.0. The average molecular weight is 550 g/mol. The molecule has 5 aromatic rings. The van der Waals surface area contributed by atoms with Crippen molar-refractivity contribution in [2.45, 2.75) is 6.92 Å². The van der Waals surface area contributed by atoms with Crippen LogP contribution in [0.4, 0.5) is 15.2 Å². The Labute approximate surface area is 224 Å². The lowest BCUT2D eigenvalue weighted by Crippen LogP contribution is -2.13. The average Bonchev–Trinajstić information content (AvgIpc) is 3.60. The molecule has 0 aliphatic rings. The number of anilines is 1. The topological polar surface area (TPSA) is 147 Å². The van der Waals surface area contributed by atoms with Gasteiger partial charge in [-0.15, -0.1) is 0 Å². The molecule has 1 aromatic carbocycles. The van der Waals surface area contributed by atoms with Gasteiger partial charge in [0.2, 0.25) is 5.88 Å². The van der Waals surface area contributed by atoms with Gasteiger partial charge in [0.15, 0.2) is 11.5 Å². The van der Waals surface area contributed by atoms with Gasteiger partial charge in [-0.05, 0) is 37.3 Å². The summed E-state index contributed by atoms with van der Waals surface area (Å²) in [6.45, 7) is 3.25. The Morgan fingerprint density at radius 3 is 2.74 bits per heavy atom. The highest BCUT2D eigenvalue weighted by atomic mass is 32.1. The number of thiophene rings is 1. The Kier molecular flexibility index (Phi) is 7.47. The first kappa shape index (κ1) is 25.8. The number of pyridine rings is 1. The van der Waals surface area contributed by atoms with Crippen molar-refractivity contribution in [1.29, 1.82) is 0 Å². The molecule has 0 aliphatic carbocycles. The summed E-state index contributed by atoms with van der Waals surface area (Å²) in [5.74, 6) is -0.328. The van der Waals surface area contributed by atoms with E-state index >= 15 is 0 Å². The monoisotopic (exact) mass is 549 g/mol. The highest BCUT2D eigenvalue weighted by Crippen LogP contribution is 2.29. The molecule has 39 heavy (non-hydrogen) atoms. The number of fused-ring (bicyclic) bond motifs is 1. The Balaban J connectivity index is 1.53. The summed E-state index contributed by atoms with van der Waals surface area (Å²) >= 11 is 0.739. The molecule has 4 heterocycles. The minimum Gasteiger partial charge on any atom is -0.475 e. The highest BCUT2D eigenvalue weighted by molar-refractivity contribution is 7.17. The van der Waals surface area contributed by atoms with Crippen LogP contribution >= 0.6 is 11.3 Å². The third kappa shape index (κ3) is 5.71. The normalized spacial score (nSPS) is 11.0. The number of nitro groups is 1. The van der Waals surface area contributed by atoms with Gasteiger partial charge < -0.3 is 14.8 Å². The van der Waals surface area contributed by atoms with Gasteiger partial charge in [0.1, 0.15) is 18.2 Å². The van der Waals surface area contributed by atoms with E-state index in [1.165, 1.54) is 41.3 Å². The largest absolute Gasteiger partial charge is 0.475 e. The Morgan fingerprint density at radius 2 is 2.03 bits per heavy atom. The van der Waals surface area contributed by atoms with Crippen LogP contribution in [0.5, 0.6) is 5.88 Å². The summed E-state index contributed by atoms with van der Waals surface area (Å²) in [6.07, 6.45) is 2.97. The van der Waals surface area contributed by atoms with Gasteiger partial charge in [-0.3, -0.25) is 14.9 Å². The number of hydrogen-bond donors (Lipinski definition) is 1. The maximum atomic E-state index is 14.0. The second-order valence-electron chi connectivity index (χ2n) is 7.95. The van der Waals surface area contributed by atoms with Crippen LogP contribution < -0.4 is 10.1 Å². The van der Waals surface area contributed by atoms with Gasteiger partial charge in [0, 0.05) is 30.5 Å². The SMILES string of the molecule is CCOCCOc1ccc(-c2nc(NC(=O)c3ccc([N+](=O)[O-])s3)c3cnn(-c4cccc(F)c4)c3n2)cn1. The van der Waals surface area contributed by atoms with Gasteiger partial charge in [-0.1, -0.05) is 17.4 Å². The van der Waals surface area contributed by atoms with Gasteiger partial charge in [-0.25, -0.2) is 24.0 Å². The van der Waals surface area contributed by atoms with Gasteiger partial charge in [-0.2, -0.15) is 5.10 Å². The maximum Gasteiger partial charge on any atom is 0.324 e.